The number of aromatic amines is 1. The number of carbonyl (C=O) groups excluding carboxylic acids is 1. The van der Waals surface area contributed by atoms with Crippen molar-refractivity contribution in [3.63, 3.8) is 0 Å². The molecule has 0 aliphatic carbocycles. The van der Waals surface area contributed by atoms with E-state index in [-0.39, 0.29) is 30.7 Å². The van der Waals surface area contributed by atoms with E-state index in [1.54, 1.807) is 20.8 Å². The largest absolute Gasteiger partial charge is 0.475 e. The number of aliphatic hydroxyl groups excluding tert-OH is 1. The molecule has 2 aliphatic rings. The molecule has 0 radical (unpaired) electrons. The molecule has 31 heavy (non-hydrogen) atoms. The lowest BCUT2D eigenvalue weighted by Gasteiger charge is -2.34. The van der Waals surface area contributed by atoms with E-state index in [2.05, 4.69) is 4.98 Å². The summed E-state index contributed by atoms with van der Waals surface area (Å²) in [5.74, 6) is 0.178. The van der Waals surface area contributed by atoms with Crippen LogP contribution in [0.3, 0.4) is 0 Å². The lowest BCUT2D eigenvalue weighted by molar-refractivity contribution is -0.119. The summed E-state index contributed by atoms with van der Waals surface area (Å²) in [6, 6.07) is 1.15. The highest BCUT2D eigenvalue weighted by molar-refractivity contribution is 8.13. The predicted molar refractivity (Wildman–Crippen MR) is 112 cm³/mol. The van der Waals surface area contributed by atoms with Crippen molar-refractivity contribution in [3.8, 4) is 0 Å². The van der Waals surface area contributed by atoms with Gasteiger partial charge in [0.1, 0.15) is 17.1 Å². The average molecular weight is 499 g/mol. The maximum Gasteiger partial charge on any atom is 0.475 e. The molecule has 1 aromatic rings. The number of carbonyl (C=O) groups is 1. The van der Waals surface area contributed by atoms with Crippen LogP contribution in [0.2, 0.25) is 0 Å². The molecule has 2 aliphatic heterocycles. The van der Waals surface area contributed by atoms with Crippen molar-refractivity contribution in [2.75, 3.05) is 25.6 Å². The van der Waals surface area contributed by atoms with Gasteiger partial charge in [-0.2, -0.15) is 0 Å². The Morgan fingerprint density at radius 2 is 2.23 bits per heavy atom. The number of fused-ring (bicyclic) bond motifs is 1. The molecular weight excluding hydrogens is 475 g/mol. The second kappa shape index (κ2) is 9.11. The van der Waals surface area contributed by atoms with Crippen LogP contribution in [0.4, 0.5) is 0 Å². The van der Waals surface area contributed by atoms with Gasteiger partial charge in [-0.15, -0.1) is 11.6 Å². The first-order valence-corrected chi connectivity index (χ1v) is 12.2. The number of nitrogens with one attached hydrogen (secondary N) is 1. The number of alkyl halides is 1. The van der Waals surface area contributed by atoms with Crippen molar-refractivity contribution >= 4 is 36.3 Å². The number of H-pyrrole nitrogens is 1. The highest BCUT2D eigenvalue weighted by atomic mass is 35.5. The number of ether oxygens (including phenoxy) is 1. The van der Waals surface area contributed by atoms with Gasteiger partial charge in [0.2, 0.25) is 0 Å². The number of nitrogens with zero attached hydrogens (tertiary/aromatic N) is 1. The first-order chi connectivity index (χ1) is 14.4. The van der Waals surface area contributed by atoms with E-state index in [1.165, 1.54) is 6.20 Å². The molecule has 0 saturated carbocycles. The molecule has 14 heteroatoms. The monoisotopic (exact) mass is 498 g/mol. The highest BCUT2D eigenvalue weighted by Gasteiger charge is 2.60. The van der Waals surface area contributed by atoms with Crippen molar-refractivity contribution in [1.82, 2.24) is 9.55 Å². The Morgan fingerprint density at radius 3 is 2.87 bits per heavy atom. The van der Waals surface area contributed by atoms with E-state index in [1.807, 2.05) is 0 Å². The summed E-state index contributed by atoms with van der Waals surface area (Å²) in [7, 11) is -3.99. The fourth-order valence-corrected chi connectivity index (χ4v) is 5.87. The molecule has 1 aromatic heterocycles. The minimum absolute atomic E-state index is 0.102. The van der Waals surface area contributed by atoms with Gasteiger partial charge in [-0.1, -0.05) is 11.8 Å². The summed E-state index contributed by atoms with van der Waals surface area (Å²) < 4.78 is 35.9. The first-order valence-electron chi connectivity index (χ1n) is 9.41. The average Bonchev–Trinajstić information content (AvgIpc) is 2.95. The molecule has 2 fully saturated rings. The van der Waals surface area contributed by atoms with Gasteiger partial charge in [-0.05, 0) is 20.8 Å². The summed E-state index contributed by atoms with van der Waals surface area (Å²) in [4.78, 5) is 36.3. The van der Waals surface area contributed by atoms with E-state index in [9.17, 15) is 24.1 Å². The number of thioether (sulfide) groups is 1. The van der Waals surface area contributed by atoms with Crippen molar-refractivity contribution in [2.24, 2.45) is 5.41 Å². The lowest BCUT2D eigenvalue weighted by atomic mass is 9.97. The number of aromatic nitrogens is 2. The zero-order chi connectivity index (χ0) is 23.0. The Kier molecular flexibility index (Phi) is 7.24. The van der Waals surface area contributed by atoms with Crippen LogP contribution in [0.1, 0.15) is 27.0 Å². The third-order valence-electron chi connectivity index (χ3n) is 4.94. The van der Waals surface area contributed by atoms with E-state index in [0.29, 0.717) is 0 Å². The Balaban J connectivity index is 1.64. The molecule has 5 atom stereocenters. The smallest absolute Gasteiger partial charge is 0.395 e. The van der Waals surface area contributed by atoms with E-state index >= 15 is 0 Å². The topological polar surface area (TPSA) is 146 Å². The molecule has 174 valence electrons. The van der Waals surface area contributed by atoms with Gasteiger partial charge < -0.3 is 9.84 Å². The van der Waals surface area contributed by atoms with Crippen LogP contribution < -0.4 is 11.2 Å². The normalized spacial score (nSPS) is 33.3. The SMILES string of the molecule is CC(C)(CO)C(=O)SCCO[P@@]1(=O)OC[C@H]2O[C@@H](n3ccc(=O)[nH]c3=O)[C@](C)(Cl)[C@@H]2O1. The highest BCUT2D eigenvalue weighted by Crippen LogP contribution is 2.59. The van der Waals surface area contributed by atoms with Gasteiger partial charge >= 0.3 is 13.5 Å². The third kappa shape index (κ3) is 5.17. The number of phosphoric ester groups is 1. The minimum Gasteiger partial charge on any atom is -0.395 e. The maximum absolute atomic E-state index is 12.9. The Morgan fingerprint density at radius 1 is 1.52 bits per heavy atom. The summed E-state index contributed by atoms with van der Waals surface area (Å²) in [5.41, 5.74) is -2.17. The summed E-state index contributed by atoms with van der Waals surface area (Å²) in [6.07, 6.45) is -1.42. The van der Waals surface area contributed by atoms with Crippen molar-refractivity contribution in [1.29, 1.82) is 0 Å². The van der Waals surface area contributed by atoms with Crippen molar-refractivity contribution in [2.45, 2.75) is 44.1 Å². The molecule has 3 heterocycles. The quantitative estimate of drug-likeness (QED) is 0.320. The second-order valence-electron chi connectivity index (χ2n) is 7.98. The molecule has 2 saturated heterocycles. The van der Waals surface area contributed by atoms with Crippen molar-refractivity contribution in [3.05, 3.63) is 33.1 Å². The van der Waals surface area contributed by atoms with Crippen LogP contribution in [0.15, 0.2) is 21.9 Å². The molecule has 0 aromatic carbocycles. The van der Waals surface area contributed by atoms with Gasteiger partial charge in [-0.25, -0.2) is 9.36 Å². The van der Waals surface area contributed by atoms with Crippen molar-refractivity contribution < 1.29 is 32.8 Å². The fourth-order valence-electron chi connectivity index (χ4n) is 3.07. The zero-order valence-corrected chi connectivity index (χ0v) is 19.6. The number of aliphatic hydroxyl groups is 1. The third-order valence-corrected chi connectivity index (χ3v) is 7.97. The van der Waals surface area contributed by atoms with Gasteiger partial charge in [0.05, 0.1) is 25.2 Å². The van der Waals surface area contributed by atoms with Crippen LogP contribution in [-0.2, 0) is 27.7 Å². The van der Waals surface area contributed by atoms with Gasteiger partial charge in [0.15, 0.2) is 11.3 Å². The van der Waals surface area contributed by atoms with E-state index < -0.39 is 47.8 Å². The molecule has 3 rings (SSSR count). The molecule has 11 nitrogen and oxygen atoms in total. The second-order valence-corrected chi connectivity index (χ2v) is 11.5. The lowest BCUT2D eigenvalue weighted by Crippen LogP contribution is -2.45. The predicted octanol–water partition coefficient (Wildman–Crippen LogP) is 1.25. The number of phosphoric acid groups is 1. The Labute approximate surface area is 187 Å². The maximum atomic E-state index is 12.9. The molecule has 0 bridgehead atoms. The number of hydrogen-bond acceptors (Lipinski definition) is 10. The van der Waals surface area contributed by atoms with Gasteiger partial charge in [-0.3, -0.25) is 32.7 Å². The summed E-state index contributed by atoms with van der Waals surface area (Å²) in [5, 5.41) is 9.00. The molecular formula is C17H24ClN2O9PS. The van der Waals surface area contributed by atoms with E-state index in [4.69, 9.17) is 29.9 Å². The number of rotatable bonds is 7. The summed E-state index contributed by atoms with van der Waals surface area (Å²) >= 11 is 7.58. The van der Waals surface area contributed by atoms with Crippen LogP contribution in [0, 0.1) is 5.41 Å². The molecule has 0 unspecified atom stereocenters. The Bertz CT molecular complexity index is 994. The van der Waals surface area contributed by atoms with E-state index in [0.717, 1.165) is 22.4 Å². The molecule has 0 amide bonds. The molecule has 2 N–H and O–H groups in total. The van der Waals surface area contributed by atoms with Crippen LogP contribution in [-0.4, -0.2) is 62.4 Å². The van der Waals surface area contributed by atoms with Gasteiger partial charge in [0.25, 0.3) is 5.56 Å². The summed E-state index contributed by atoms with van der Waals surface area (Å²) in [6.45, 7) is 4.25. The van der Waals surface area contributed by atoms with Gasteiger partial charge in [0, 0.05) is 18.0 Å². The fraction of sp³-hybridized carbons (Fsp3) is 0.706. The first kappa shape index (κ1) is 24.7. The standard InChI is InChI=1S/C17H24ClN2O9PS/c1-16(2,9-21)14(23)31-7-6-26-30(25)27-8-10-12(29-30)17(3,18)13(28-10)20-5-4-11(22)19-15(20)24/h4-5,10,12-13,21H,6-9H2,1-3H3,(H,19,22,24)/t10-,12-,13-,17-,30+/m1/s1. The minimum atomic E-state index is -3.99. The van der Waals surface area contributed by atoms with Crippen LogP contribution in [0.5, 0.6) is 0 Å². The zero-order valence-electron chi connectivity index (χ0n) is 17.1. The number of hydrogen-bond donors (Lipinski definition) is 2. The molecule has 0 spiro atoms. The van der Waals surface area contributed by atoms with Crippen LogP contribution >= 0.6 is 31.2 Å². The Hall–Kier alpha value is -0.980. The van der Waals surface area contributed by atoms with Crippen LogP contribution in [0.25, 0.3) is 0 Å². The number of halogens is 1.